The maximum absolute atomic E-state index is 13.0. The van der Waals surface area contributed by atoms with Gasteiger partial charge in [-0.25, -0.2) is 15.0 Å². The molecule has 2 aliphatic carbocycles. The molecular weight excluding hydrogens is 454 g/mol. The van der Waals surface area contributed by atoms with Crippen LogP contribution in [0.4, 0.5) is 23.0 Å². The number of carbonyl (C=O) groups is 2. The van der Waals surface area contributed by atoms with Crippen LogP contribution in [0.1, 0.15) is 83.8 Å². The quantitative estimate of drug-likeness (QED) is 0.453. The molecule has 4 heterocycles. The predicted molar refractivity (Wildman–Crippen MR) is 139 cm³/mol. The summed E-state index contributed by atoms with van der Waals surface area (Å²) in [4.78, 5) is 41.4. The van der Waals surface area contributed by atoms with E-state index in [-0.39, 0.29) is 29.2 Å². The third-order valence-electron chi connectivity index (χ3n) is 7.44. The summed E-state index contributed by atoms with van der Waals surface area (Å²) in [6.45, 7) is -0.304. The van der Waals surface area contributed by atoms with Gasteiger partial charge in [0.05, 0.1) is 34.4 Å². The largest absolute Gasteiger partial charge is 0.363 e. The number of Topliss-reactive ketones (excluding diaryl/α,β-unsaturated/α-hetero) is 1. The Kier molecular flexibility index (Phi) is 4.55. The van der Waals surface area contributed by atoms with E-state index in [4.69, 9.17) is 9.10 Å². The highest BCUT2D eigenvalue weighted by molar-refractivity contribution is 6.03. The Balaban J connectivity index is 1.41. The van der Waals surface area contributed by atoms with Crippen molar-refractivity contribution >= 4 is 34.7 Å². The molecule has 0 aromatic carbocycles. The molecule has 3 aromatic heterocycles. The zero-order valence-corrected chi connectivity index (χ0v) is 20.6. The molecule has 186 valence electrons. The highest BCUT2D eigenvalue weighted by Crippen LogP contribution is 2.49. The van der Waals surface area contributed by atoms with Crippen LogP contribution in [0.3, 0.4) is 0 Å². The summed E-state index contributed by atoms with van der Waals surface area (Å²) in [5, 5.41) is 6.09. The van der Waals surface area contributed by atoms with Gasteiger partial charge < -0.3 is 20.1 Å². The normalized spacial score (nSPS) is 20.0. The fourth-order valence-electron chi connectivity index (χ4n) is 5.03. The van der Waals surface area contributed by atoms with Gasteiger partial charge in [0, 0.05) is 60.5 Å². The smallest absolute Gasteiger partial charge is 0.228 e. The molecule has 0 radical (unpaired) electrons. The van der Waals surface area contributed by atoms with E-state index in [2.05, 4.69) is 44.0 Å². The average molecular weight is 489 g/mol. The summed E-state index contributed by atoms with van der Waals surface area (Å²) in [6.07, 6.45) is 6.37. The fourth-order valence-corrected chi connectivity index (χ4v) is 5.03. The SMILES string of the molecule is [2H]C([2H])([2H])CC(=O)c1cnc(NC(=O)C2CC2)cc1Nc1nccc2c1N(C)[C@H](C)c1c-2nc(C2CC2)n1C. The minimum Gasteiger partial charge on any atom is -0.363 e. The number of hydrogen-bond donors (Lipinski definition) is 2. The number of carbonyl (C=O) groups excluding carboxylic acids is 2. The summed E-state index contributed by atoms with van der Waals surface area (Å²) >= 11 is 0. The summed E-state index contributed by atoms with van der Waals surface area (Å²) in [7, 11) is 4.07. The van der Waals surface area contributed by atoms with E-state index in [0.29, 0.717) is 17.4 Å². The van der Waals surface area contributed by atoms with E-state index >= 15 is 0 Å². The highest BCUT2D eigenvalue weighted by atomic mass is 16.2. The molecule has 0 bridgehead atoms. The number of ketones is 1. The second-order valence-corrected chi connectivity index (χ2v) is 9.98. The van der Waals surface area contributed by atoms with Crippen molar-refractivity contribution in [3.8, 4) is 11.3 Å². The van der Waals surface area contributed by atoms with Crippen molar-refractivity contribution in [2.75, 3.05) is 22.6 Å². The number of fused-ring (bicyclic) bond motifs is 3. The van der Waals surface area contributed by atoms with Gasteiger partial charge in [-0.05, 0) is 38.7 Å². The Morgan fingerprint density at radius 2 is 2.00 bits per heavy atom. The first-order valence-electron chi connectivity index (χ1n) is 13.9. The lowest BCUT2D eigenvalue weighted by Gasteiger charge is -2.35. The number of pyridine rings is 2. The first-order chi connectivity index (χ1) is 18.5. The molecule has 3 aliphatic rings. The van der Waals surface area contributed by atoms with E-state index in [1.807, 2.05) is 13.1 Å². The molecule has 2 saturated carbocycles. The van der Waals surface area contributed by atoms with Crippen LogP contribution in [0, 0.1) is 5.92 Å². The monoisotopic (exact) mass is 488 g/mol. The topological polar surface area (TPSA) is 105 Å². The second kappa shape index (κ2) is 8.43. The maximum Gasteiger partial charge on any atom is 0.228 e. The Bertz CT molecular complexity index is 1490. The van der Waals surface area contributed by atoms with Gasteiger partial charge in [-0.1, -0.05) is 6.85 Å². The van der Waals surface area contributed by atoms with E-state index < -0.39 is 19.1 Å². The number of hydrogen-bond acceptors (Lipinski definition) is 7. The summed E-state index contributed by atoms with van der Waals surface area (Å²) in [5.41, 5.74) is 4.28. The van der Waals surface area contributed by atoms with Crippen molar-refractivity contribution in [1.82, 2.24) is 19.5 Å². The molecule has 0 saturated heterocycles. The predicted octanol–water partition coefficient (Wildman–Crippen LogP) is 4.95. The minimum atomic E-state index is -2.43. The lowest BCUT2D eigenvalue weighted by atomic mass is 9.98. The third-order valence-corrected chi connectivity index (χ3v) is 7.44. The summed E-state index contributed by atoms with van der Waals surface area (Å²) < 4.78 is 24.9. The van der Waals surface area contributed by atoms with Crippen molar-refractivity contribution in [2.45, 2.75) is 57.8 Å². The van der Waals surface area contributed by atoms with Gasteiger partial charge in [-0.15, -0.1) is 0 Å². The van der Waals surface area contributed by atoms with E-state index in [0.717, 1.165) is 54.1 Å². The van der Waals surface area contributed by atoms with Crippen LogP contribution in [-0.2, 0) is 11.8 Å². The first kappa shape index (κ1) is 19.4. The number of nitrogens with zero attached hydrogens (tertiary/aromatic N) is 5. The molecule has 3 aromatic rings. The van der Waals surface area contributed by atoms with E-state index in [1.165, 1.54) is 6.20 Å². The molecule has 2 N–H and O–H groups in total. The van der Waals surface area contributed by atoms with Crippen molar-refractivity contribution in [3.63, 3.8) is 0 Å². The van der Waals surface area contributed by atoms with Crippen LogP contribution in [0.25, 0.3) is 11.3 Å². The van der Waals surface area contributed by atoms with Crippen molar-refractivity contribution in [3.05, 3.63) is 41.6 Å². The maximum atomic E-state index is 13.0. The molecule has 36 heavy (non-hydrogen) atoms. The van der Waals surface area contributed by atoms with Crippen LogP contribution in [0.15, 0.2) is 24.5 Å². The number of rotatable bonds is 7. The summed E-state index contributed by atoms with van der Waals surface area (Å²) in [6, 6.07) is 3.53. The molecule has 1 atom stereocenters. The Hall–Kier alpha value is -3.75. The van der Waals surface area contributed by atoms with Gasteiger partial charge in [0.1, 0.15) is 11.6 Å². The molecule has 1 aliphatic heterocycles. The Morgan fingerprint density at radius 3 is 2.72 bits per heavy atom. The van der Waals surface area contributed by atoms with Crippen LogP contribution in [-0.4, -0.2) is 38.3 Å². The van der Waals surface area contributed by atoms with Crippen LogP contribution >= 0.6 is 0 Å². The summed E-state index contributed by atoms with van der Waals surface area (Å²) in [5.74, 6) is 1.67. The number of imidazole rings is 1. The van der Waals surface area contributed by atoms with Gasteiger partial charge in [-0.3, -0.25) is 9.59 Å². The molecule has 9 heteroatoms. The zero-order chi connectivity index (χ0) is 27.6. The lowest BCUT2D eigenvalue weighted by Crippen LogP contribution is -2.29. The highest BCUT2D eigenvalue weighted by Gasteiger charge is 2.37. The fraction of sp³-hybridized carbons (Fsp3) is 0.444. The molecular formula is C27H31N7O2. The van der Waals surface area contributed by atoms with Crippen molar-refractivity contribution in [2.24, 2.45) is 13.0 Å². The van der Waals surface area contributed by atoms with Gasteiger partial charge in [0.2, 0.25) is 5.91 Å². The van der Waals surface area contributed by atoms with Crippen LogP contribution in [0.5, 0.6) is 0 Å². The average Bonchev–Trinajstić information content (AvgIpc) is 3.79. The van der Waals surface area contributed by atoms with Gasteiger partial charge >= 0.3 is 0 Å². The molecule has 6 rings (SSSR count). The minimum absolute atomic E-state index is 0.0183. The second-order valence-electron chi connectivity index (χ2n) is 9.98. The van der Waals surface area contributed by atoms with Gasteiger partial charge in [0.15, 0.2) is 11.6 Å². The first-order valence-corrected chi connectivity index (χ1v) is 12.4. The molecule has 0 spiro atoms. The third kappa shape index (κ3) is 3.73. The van der Waals surface area contributed by atoms with E-state index in [1.54, 1.807) is 12.3 Å². The van der Waals surface area contributed by atoms with Crippen LogP contribution in [0.2, 0.25) is 0 Å². The van der Waals surface area contributed by atoms with Gasteiger partial charge in [-0.2, -0.15) is 0 Å². The van der Waals surface area contributed by atoms with E-state index in [9.17, 15) is 9.59 Å². The Labute approximate surface area is 214 Å². The van der Waals surface area contributed by atoms with Crippen molar-refractivity contribution in [1.29, 1.82) is 0 Å². The molecule has 1 amide bonds. The number of anilines is 4. The number of amides is 1. The van der Waals surface area contributed by atoms with Crippen LogP contribution < -0.4 is 15.5 Å². The zero-order valence-electron chi connectivity index (χ0n) is 23.6. The van der Waals surface area contributed by atoms with Crippen molar-refractivity contribution < 1.29 is 13.7 Å². The number of aromatic nitrogens is 4. The molecule has 2 fully saturated rings. The Morgan fingerprint density at radius 1 is 1.19 bits per heavy atom. The standard InChI is InChI=1S/C27H31N7O2/c1-5-20(35)18-13-29-21(31-27(36)16-8-9-16)12-19(18)30-25-24-17(10-11-28-25)22-23(14(2)33(24)3)34(4)26(32-22)15-6-7-15/h10-16H,5-9H2,1-4H3,(H2,28,29,30,31,36)/t14-/m1/s1/i1D3. The molecule has 9 nitrogen and oxygen atoms in total. The number of nitrogens with one attached hydrogen (secondary N) is 2. The molecule has 0 unspecified atom stereocenters. The van der Waals surface area contributed by atoms with Gasteiger partial charge in [0.25, 0.3) is 0 Å². The lowest BCUT2D eigenvalue weighted by molar-refractivity contribution is -0.117.